The fourth-order valence-electron chi connectivity index (χ4n) is 1.99. The SMILES string of the molecule is COCC1=CC[C@H](n2cnc3c(N)ncnc32)O1. The number of ether oxygens (including phenoxy) is 2. The minimum Gasteiger partial charge on any atom is -0.472 e. The maximum absolute atomic E-state index is 5.75. The number of hydrogen-bond donors (Lipinski definition) is 1. The number of nitrogens with two attached hydrogens (primary N) is 1. The summed E-state index contributed by atoms with van der Waals surface area (Å²) in [6.45, 7) is 0.472. The van der Waals surface area contributed by atoms with Crippen molar-refractivity contribution in [2.24, 2.45) is 0 Å². The van der Waals surface area contributed by atoms with E-state index in [0.717, 1.165) is 12.2 Å². The molecule has 0 saturated heterocycles. The number of fused-ring (bicyclic) bond motifs is 1. The Hall–Kier alpha value is -2.15. The largest absolute Gasteiger partial charge is 0.472 e. The molecule has 1 aliphatic heterocycles. The molecule has 0 bridgehead atoms. The van der Waals surface area contributed by atoms with Crippen LogP contribution in [0.2, 0.25) is 0 Å². The molecule has 7 nitrogen and oxygen atoms in total. The number of imidazole rings is 1. The third-order valence-corrected chi connectivity index (χ3v) is 2.82. The highest BCUT2D eigenvalue weighted by Crippen LogP contribution is 2.29. The minimum atomic E-state index is -0.144. The molecule has 0 spiro atoms. The molecule has 0 fully saturated rings. The molecule has 0 amide bonds. The van der Waals surface area contributed by atoms with E-state index >= 15 is 0 Å². The Labute approximate surface area is 103 Å². The van der Waals surface area contributed by atoms with Crippen molar-refractivity contribution in [1.29, 1.82) is 0 Å². The van der Waals surface area contributed by atoms with Gasteiger partial charge in [0.1, 0.15) is 30.5 Å². The van der Waals surface area contributed by atoms with Gasteiger partial charge in [0.15, 0.2) is 17.7 Å². The summed E-state index contributed by atoms with van der Waals surface area (Å²) in [6, 6.07) is 0. The predicted molar refractivity (Wildman–Crippen MR) is 64.4 cm³/mol. The van der Waals surface area contributed by atoms with Crippen molar-refractivity contribution >= 4 is 17.0 Å². The summed E-state index contributed by atoms with van der Waals surface area (Å²) in [4.78, 5) is 12.3. The van der Waals surface area contributed by atoms with Crippen LogP contribution >= 0.6 is 0 Å². The quantitative estimate of drug-likeness (QED) is 0.865. The molecule has 7 heteroatoms. The molecule has 0 aliphatic carbocycles. The molecule has 94 valence electrons. The van der Waals surface area contributed by atoms with E-state index in [9.17, 15) is 0 Å². The second-order valence-corrected chi connectivity index (χ2v) is 3.99. The van der Waals surface area contributed by atoms with E-state index in [0.29, 0.717) is 23.6 Å². The first-order valence-corrected chi connectivity index (χ1v) is 5.57. The van der Waals surface area contributed by atoms with Crippen LogP contribution in [0.1, 0.15) is 12.6 Å². The van der Waals surface area contributed by atoms with Gasteiger partial charge in [-0.1, -0.05) is 0 Å². The minimum absolute atomic E-state index is 0.144. The lowest BCUT2D eigenvalue weighted by Crippen LogP contribution is -2.09. The van der Waals surface area contributed by atoms with E-state index in [1.165, 1.54) is 6.33 Å². The van der Waals surface area contributed by atoms with Crippen molar-refractivity contribution in [3.8, 4) is 0 Å². The maximum Gasteiger partial charge on any atom is 0.181 e. The highest BCUT2D eigenvalue weighted by molar-refractivity contribution is 5.81. The zero-order valence-electron chi connectivity index (χ0n) is 9.91. The fourth-order valence-corrected chi connectivity index (χ4v) is 1.99. The molecule has 0 aromatic carbocycles. The summed E-state index contributed by atoms with van der Waals surface area (Å²) in [5, 5.41) is 0. The average molecular weight is 247 g/mol. The Balaban J connectivity index is 1.91. The van der Waals surface area contributed by atoms with Gasteiger partial charge in [-0.3, -0.25) is 4.57 Å². The van der Waals surface area contributed by atoms with Crippen LogP contribution in [0.15, 0.2) is 24.5 Å². The van der Waals surface area contributed by atoms with Gasteiger partial charge in [-0.2, -0.15) is 0 Å². The van der Waals surface area contributed by atoms with Crippen molar-refractivity contribution in [3.05, 3.63) is 24.5 Å². The maximum atomic E-state index is 5.75. The zero-order valence-corrected chi connectivity index (χ0v) is 9.91. The number of rotatable bonds is 3. The summed E-state index contributed by atoms with van der Waals surface area (Å²) in [5.74, 6) is 1.20. The van der Waals surface area contributed by atoms with Gasteiger partial charge in [-0.25, -0.2) is 15.0 Å². The van der Waals surface area contributed by atoms with Crippen LogP contribution in [0.3, 0.4) is 0 Å². The summed E-state index contributed by atoms with van der Waals surface area (Å²) >= 11 is 0. The van der Waals surface area contributed by atoms with Crippen molar-refractivity contribution in [2.75, 3.05) is 19.5 Å². The van der Waals surface area contributed by atoms with Gasteiger partial charge in [0.05, 0.1) is 0 Å². The molecule has 1 atom stereocenters. The topological polar surface area (TPSA) is 88.1 Å². The number of methoxy groups -OCH3 is 1. The van der Waals surface area contributed by atoms with Gasteiger partial charge in [0.2, 0.25) is 0 Å². The van der Waals surface area contributed by atoms with Gasteiger partial charge in [0, 0.05) is 13.5 Å². The van der Waals surface area contributed by atoms with Gasteiger partial charge in [-0.05, 0) is 6.08 Å². The van der Waals surface area contributed by atoms with Gasteiger partial charge in [0.25, 0.3) is 0 Å². The van der Waals surface area contributed by atoms with E-state index < -0.39 is 0 Å². The van der Waals surface area contributed by atoms with Crippen LogP contribution in [0.25, 0.3) is 11.2 Å². The Morgan fingerprint density at radius 1 is 1.50 bits per heavy atom. The molecular formula is C11H13N5O2. The first-order valence-electron chi connectivity index (χ1n) is 5.57. The predicted octanol–water partition coefficient (Wildman–Crippen LogP) is 0.858. The van der Waals surface area contributed by atoms with Crippen LogP contribution in [0, 0.1) is 0 Å². The zero-order chi connectivity index (χ0) is 12.5. The number of hydrogen-bond acceptors (Lipinski definition) is 6. The lowest BCUT2D eigenvalue weighted by atomic mass is 10.3. The molecule has 1 aliphatic rings. The van der Waals surface area contributed by atoms with Gasteiger partial charge in [-0.15, -0.1) is 0 Å². The number of nitrogen functional groups attached to an aromatic ring is 1. The van der Waals surface area contributed by atoms with Gasteiger partial charge < -0.3 is 15.2 Å². The lowest BCUT2D eigenvalue weighted by Gasteiger charge is -2.14. The normalized spacial score (nSPS) is 18.9. The first kappa shape index (κ1) is 11.0. The smallest absolute Gasteiger partial charge is 0.181 e. The Bertz CT molecular complexity index is 606. The molecule has 3 heterocycles. The molecule has 0 saturated carbocycles. The van der Waals surface area contributed by atoms with Crippen LogP contribution in [0.5, 0.6) is 0 Å². The third-order valence-electron chi connectivity index (χ3n) is 2.82. The van der Waals surface area contributed by atoms with Crippen molar-refractivity contribution < 1.29 is 9.47 Å². The van der Waals surface area contributed by atoms with E-state index in [-0.39, 0.29) is 6.23 Å². The summed E-state index contributed by atoms with van der Waals surface area (Å²) in [7, 11) is 1.64. The molecule has 2 aromatic heterocycles. The molecule has 2 N–H and O–H groups in total. The number of nitrogens with zero attached hydrogens (tertiary/aromatic N) is 4. The number of anilines is 1. The van der Waals surface area contributed by atoms with Crippen LogP contribution < -0.4 is 5.73 Å². The summed E-state index contributed by atoms with van der Waals surface area (Å²) < 4.78 is 12.6. The van der Waals surface area contributed by atoms with E-state index in [1.54, 1.807) is 13.4 Å². The van der Waals surface area contributed by atoms with Crippen molar-refractivity contribution in [2.45, 2.75) is 12.6 Å². The van der Waals surface area contributed by atoms with Gasteiger partial charge >= 0.3 is 0 Å². The first-order chi connectivity index (χ1) is 8.79. The summed E-state index contributed by atoms with van der Waals surface area (Å²) in [5.41, 5.74) is 7.02. The standard InChI is InChI=1S/C11H13N5O2/c1-17-4-7-2-3-8(18-7)16-6-15-9-10(12)13-5-14-11(9)16/h2,5-6,8H,3-4H2,1H3,(H2,12,13,14)/t8-/m1/s1. The van der Waals surface area contributed by atoms with Crippen molar-refractivity contribution in [3.63, 3.8) is 0 Å². The molecule has 0 unspecified atom stereocenters. The molecular weight excluding hydrogens is 234 g/mol. The average Bonchev–Trinajstić information content (AvgIpc) is 2.96. The number of aromatic nitrogens is 4. The van der Waals surface area contributed by atoms with Crippen molar-refractivity contribution in [1.82, 2.24) is 19.5 Å². The van der Waals surface area contributed by atoms with Crippen LogP contribution in [-0.4, -0.2) is 33.2 Å². The Kier molecular flexibility index (Phi) is 2.60. The molecule has 0 radical (unpaired) electrons. The fraction of sp³-hybridized carbons (Fsp3) is 0.364. The van der Waals surface area contributed by atoms with Crippen LogP contribution in [0.4, 0.5) is 5.82 Å². The van der Waals surface area contributed by atoms with E-state index in [4.69, 9.17) is 15.2 Å². The van der Waals surface area contributed by atoms with Crippen LogP contribution in [-0.2, 0) is 9.47 Å². The third kappa shape index (κ3) is 1.68. The summed E-state index contributed by atoms with van der Waals surface area (Å²) in [6.07, 6.45) is 5.71. The molecule has 3 rings (SSSR count). The second kappa shape index (κ2) is 4.26. The molecule has 2 aromatic rings. The highest BCUT2D eigenvalue weighted by atomic mass is 16.5. The van der Waals surface area contributed by atoms with E-state index in [1.807, 2.05) is 10.6 Å². The highest BCUT2D eigenvalue weighted by Gasteiger charge is 2.22. The second-order valence-electron chi connectivity index (χ2n) is 3.99. The lowest BCUT2D eigenvalue weighted by molar-refractivity contribution is 0.0563. The molecule has 18 heavy (non-hydrogen) atoms. The Morgan fingerprint density at radius 2 is 2.39 bits per heavy atom. The monoisotopic (exact) mass is 247 g/mol. The Morgan fingerprint density at radius 3 is 3.22 bits per heavy atom. The van der Waals surface area contributed by atoms with E-state index in [2.05, 4.69) is 15.0 Å².